The van der Waals surface area contributed by atoms with Crippen LogP contribution in [0.2, 0.25) is 0 Å². The van der Waals surface area contributed by atoms with Crippen molar-refractivity contribution in [2.24, 2.45) is 0 Å². The van der Waals surface area contributed by atoms with Gasteiger partial charge in [0.25, 0.3) is 11.1 Å². The summed E-state index contributed by atoms with van der Waals surface area (Å²) in [5.41, 5.74) is 7.92. The highest BCUT2D eigenvalue weighted by atomic mass is 79.9. The molecule has 0 bridgehead atoms. The van der Waals surface area contributed by atoms with Crippen LogP contribution in [0.25, 0.3) is 11.3 Å². The monoisotopic (exact) mass is 710 g/mol. The number of aromatic nitrogens is 6. The lowest BCUT2D eigenvalue weighted by Gasteiger charge is -2.08. The molecule has 0 fully saturated rings. The quantitative estimate of drug-likeness (QED) is 0.131. The highest BCUT2D eigenvalue weighted by molar-refractivity contribution is 9.10. The molecule has 0 saturated heterocycles. The Balaban J connectivity index is 0.000000144. The molecule has 6 aromatic heterocycles. The van der Waals surface area contributed by atoms with Gasteiger partial charge in [-0.15, -0.1) is 6.42 Å². The molecule has 0 amide bonds. The second-order valence-electron chi connectivity index (χ2n) is 11.9. The van der Waals surface area contributed by atoms with E-state index >= 15 is 0 Å². The summed E-state index contributed by atoms with van der Waals surface area (Å²) in [6.07, 6.45) is 25.8. The van der Waals surface area contributed by atoms with Crippen molar-refractivity contribution in [3.05, 3.63) is 150 Å². The van der Waals surface area contributed by atoms with Crippen LogP contribution in [-0.4, -0.2) is 28.7 Å². The molecule has 2 aliphatic rings. The Kier molecular flexibility index (Phi) is 11.0. The van der Waals surface area contributed by atoms with E-state index in [4.69, 9.17) is 11.4 Å². The molecule has 0 unspecified atom stereocenters. The summed E-state index contributed by atoms with van der Waals surface area (Å²) in [5, 5.41) is 0. The molecule has 9 heteroatoms. The summed E-state index contributed by atoms with van der Waals surface area (Å²) >= 11 is 3.41. The fourth-order valence-corrected chi connectivity index (χ4v) is 6.30. The van der Waals surface area contributed by atoms with Gasteiger partial charge in [-0.05, 0) is 99.9 Å². The number of nitrogens with zero attached hydrogens (tertiary/aromatic N) is 6. The number of fused-ring (bicyclic) bond motifs is 4. The van der Waals surface area contributed by atoms with E-state index in [1.165, 1.54) is 12.8 Å². The van der Waals surface area contributed by atoms with Gasteiger partial charge in [-0.25, -0.2) is 9.97 Å². The maximum atomic E-state index is 12.7. The zero-order valence-electron chi connectivity index (χ0n) is 27.1. The first kappa shape index (κ1) is 33.5. The maximum Gasteiger partial charge on any atom is 0.261 e. The Morgan fingerprint density at radius 1 is 0.633 bits per heavy atom. The number of terminal acetylenes is 1. The van der Waals surface area contributed by atoms with Crippen molar-refractivity contribution in [1.82, 2.24) is 28.7 Å². The topological polar surface area (TPSA) is 94.5 Å². The van der Waals surface area contributed by atoms with Gasteiger partial charge < -0.3 is 0 Å². The molecule has 0 radical (unpaired) electrons. The van der Waals surface area contributed by atoms with Gasteiger partial charge in [0.2, 0.25) is 0 Å². The number of hydrogen-bond donors (Lipinski definition) is 0. The van der Waals surface area contributed by atoms with Crippen LogP contribution < -0.4 is 11.1 Å². The van der Waals surface area contributed by atoms with Crippen LogP contribution in [-0.2, 0) is 25.7 Å². The zero-order valence-corrected chi connectivity index (χ0v) is 28.7. The number of hydrogen-bond acceptors (Lipinski definition) is 6. The predicted octanol–water partition coefficient (Wildman–Crippen LogP) is 6.55. The summed E-state index contributed by atoms with van der Waals surface area (Å²) in [6.45, 7) is 0. The van der Waals surface area contributed by atoms with E-state index in [1.54, 1.807) is 46.0 Å². The summed E-state index contributed by atoms with van der Waals surface area (Å²) in [4.78, 5) is 42.3. The van der Waals surface area contributed by atoms with E-state index in [0.29, 0.717) is 5.65 Å². The molecule has 8 nitrogen and oxygen atoms in total. The van der Waals surface area contributed by atoms with E-state index in [-0.39, 0.29) is 11.1 Å². The van der Waals surface area contributed by atoms with Gasteiger partial charge >= 0.3 is 0 Å². The Labute approximate surface area is 293 Å². The van der Waals surface area contributed by atoms with Crippen LogP contribution in [0.5, 0.6) is 0 Å². The van der Waals surface area contributed by atoms with E-state index in [2.05, 4.69) is 48.6 Å². The third-order valence-electron chi connectivity index (χ3n) is 8.50. The second-order valence-corrected chi connectivity index (χ2v) is 12.8. The van der Waals surface area contributed by atoms with Crippen LogP contribution in [0.3, 0.4) is 0 Å². The van der Waals surface area contributed by atoms with Gasteiger partial charge in [-0.3, -0.25) is 28.4 Å². The number of halogens is 1. The normalized spacial score (nSPS) is 13.4. The molecule has 0 aliphatic heterocycles. The lowest BCUT2D eigenvalue weighted by molar-refractivity contribution is 0.708. The molecule has 6 heterocycles. The van der Waals surface area contributed by atoms with Crippen molar-refractivity contribution in [3.63, 3.8) is 0 Å². The van der Waals surface area contributed by atoms with Crippen molar-refractivity contribution in [2.45, 2.75) is 64.2 Å². The molecule has 0 saturated carbocycles. The van der Waals surface area contributed by atoms with Gasteiger partial charge in [-0.1, -0.05) is 46.5 Å². The van der Waals surface area contributed by atoms with Gasteiger partial charge in [0, 0.05) is 69.5 Å². The van der Waals surface area contributed by atoms with Crippen LogP contribution >= 0.6 is 15.9 Å². The average molecular weight is 712 g/mol. The summed E-state index contributed by atoms with van der Waals surface area (Å²) in [6, 6.07) is 15.0. The molecular formula is C40H35BrN6O2. The minimum atomic E-state index is 0.0728. The van der Waals surface area contributed by atoms with E-state index in [9.17, 15) is 9.59 Å². The third kappa shape index (κ3) is 8.38. The number of aryl methyl sites for hydroxylation is 2. The molecule has 244 valence electrons. The summed E-state index contributed by atoms with van der Waals surface area (Å²) in [5.74, 6) is 8.67. The first-order valence-electron chi connectivity index (χ1n) is 16.5. The molecule has 0 spiro atoms. The van der Waals surface area contributed by atoms with Crippen molar-refractivity contribution in [1.29, 1.82) is 0 Å². The lowest BCUT2D eigenvalue weighted by atomic mass is 10.1. The number of pyridine rings is 4. The standard InChI is InChI=1S/C20H17N3O.C13H13BrN2O.C7H5N/c24-20-17-6-2-1-3-7-18(17)22-19-13-15(10-12-23(19)20)8-9-16-5-4-11-21-14-16;14-9-6-7-16-12(8-9)15-11-5-3-1-2-4-10(11)13(16)17;1-2-7-4-3-5-8-6-7/h4-5,10-14H,1-3,6-7H2;6-8H,1-5H2;1,3-6H. The van der Waals surface area contributed by atoms with Crippen LogP contribution in [0.15, 0.2) is 99.8 Å². The third-order valence-corrected chi connectivity index (χ3v) is 9.00. The first-order valence-corrected chi connectivity index (χ1v) is 17.3. The van der Waals surface area contributed by atoms with Gasteiger partial charge in [0.1, 0.15) is 11.3 Å². The fraction of sp³-hybridized carbons (Fsp3) is 0.250. The van der Waals surface area contributed by atoms with Gasteiger partial charge in [0.15, 0.2) is 0 Å². The molecule has 49 heavy (non-hydrogen) atoms. The smallest absolute Gasteiger partial charge is 0.261 e. The van der Waals surface area contributed by atoms with Crippen LogP contribution in [0, 0.1) is 24.2 Å². The maximum absolute atomic E-state index is 12.7. The highest BCUT2D eigenvalue weighted by Gasteiger charge is 2.16. The van der Waals surface area contributed by atoms with Crippen molar-refractivity contribution in [3.8, 4) is 24.2 Å². The predicted molar refractivity (Wildman–Crippen MR) is 196 cm³/mol. The molecule has 6 aromatic rings. The second kappa shape index (κ2) is 16.1. The molecule has 8 rings (SSSR count). The van der Waals surface area contributed by atoms with E-state index in [1.807, 2.05) is 48.5 Å². The minimum Gasteiger partial charge on any atom is -0.269 e. The zero-order chi connectivity index (χ0) is 34.0. The van der Waals surface area contributed by atoms with Crippen molar-refractivity contribution in [2.75, 3.05) is 0 Å². The minimum absolute atomic E-state index is 0.0728. The largest absolute Gasteiger partial charge is 0.269 e. The SMILES string of the molecule is C#Cc1cccnc1.O=c1c2c(nc3cc(Br)ccn13)CCCCC2.O=c1c2c(nc3cc(C#Cc4cccnc4)ccn13)CCCCC2. The molecule has 0 aromatic carbocycles. The lowest BCUT2D eigenvalue weighted by Crippen LogP contribution is -2.22. The van der Waals surface area contributed by atoms with Crippen molar-refractivity contribution < 1.29 is 0 Å². The summed E-state index contributed by atoms with van der Waals surface area (Å²) < 4.78 is 4.24. The first-order chi connectivity index (χ1) is 24.0. The molecule has 2 aliphatic carbocycles. The Hall–Kier alpha value is -5.38. The van der Waals surface area contributed by atoms with Gasteiger partial charge in [0.05, 0.1) is 11.4 Å². The molecule has 0 atom stereocenters. The molecule has 0 N–H and O–H groups in total. The Bertz CT molecular complexity index is 2320. The Morgan fingerprint density at radius 3 is 1.71 bits per heavy atom. The van der Waals surface area contributed by atoms with Crippen LogP contribution in [0.1, 0.15) is 77.7 Å². The van der Waals surface area contributed by atoms with Crippen LogP contribution in [0.4, 0.5) is 0 Å². The van der Waals surface area contributed by atoms with Crippen molar-refractivity contribution >= 4 is 27.2 Å². The fourth-order valence-electron chi connectivity index (χ4n) is 5.98. The number of rotatable bonds is 0. The van der Waals surface area contributed by atoms with E-state index in [0.717, 1.165) is 101 Å². The molecular weight excluding hydrogens is 676 g/mol. The summed E-state index contributed by atoms with van der Waals surface area (Å²) in [7, 11) is 0. The average Bonchev–Trinajstić information content (AvgIpc) is 3.53. The van der Waals surface area contributed by atoms with Gasteiger partial charge in [-0.2, -0.15) is 0 Å². The highest BCUT2D eigenvalue weighted by Crippen LogP contribution is 2.19. The Morgan fingerprint density at radius 2 is 1.16 bits per heavy atom. The van der Waals surface area contributed by atoms with E-state index < -0.39 is 0 Å².